The van der Waals surface area contributed by atoms with Crippen LogP contribution in [0.5, 0.6) is 0 Å². The number of quaternary nitrogens is 1. The highest BCUT2D eigenvalue weighted by Gasteiger charge is 2.04. The third kappa shape index (κ3) is 1.70. The van der Waals surface area contributed by atoms with Crippen molar-refractivity contribution in [2.75, 3.05) is 12.8 Å². The molecule has 0 amide bonds. The fourth-order valence-corrected chi connectivity index (χ4v) is 1.21. The Labute approximate surface area is 44.0 Å². The van der Waals surface area contributed by atoms with Gasteiger partial charge in [0.1, 0.15) is 15.3 Å². The Hall–Kier alpha value is 0.310. The molecule has 3 nitrogen and oxygen atoms in total. The van der Waals surface area contributed by atoms with Gasteiger partial charge in [0.25, 0.3) is 0 Å². The third-order valence-corrected chi connectivity index (χ3v) is 1.86. The highest BCUT2D eigenvalue weighted by molar-refractivity contribution is 7.30. The maximum Gasteiger partial charge on any atom is 0.121 e. The molecular weight excluding hydrogens is 113 g/mol. The average molecular weight is 121 g/mol. The van der Waals surface area contributed by atoms with Crippen LogP contribution in [0.15, 0.2) is 0 Å². The van der Waals surface area contributed by atoms with E-state index in [9.17, 15) is 5.21 Å². The van der Waals surface area contributed by atoms with E-state index in [1.807, 2.05) is 0 Å². The van der Waals surface area contributed by atoms with Gasteiger partial charge in [-0.3, -0.25) is 0 Å². The highest BCUT2D eigenvalue weighted by atomic mass is 31.1. The molecule has 4 heteroatoms. The van der Waals surface area contributed by atoms with Crippen molar-refractivity contribution in [2.45, 2.75) is 6.42 Å². The predicted octanol–water partition coefficient (Wildman–Crippen LogP) is -0.702. The molecule has 0 radical (unpaired) electrons. The molecule has 0 aromatic rings. The number of rotatable bonds is 0. The zero-order valence-corrected chi connectivity index (χ0v) is 4.94. The van der Waals surface area contributed by atoms with Crippen molar-refractivity contribution in [1.29, 1.82) is 0 Å². The van der Waals surface area contributed by atoms with E-state index in [4.69, 9.17) is 0 Å². The van der Waals surface area contributed by atoms with Gasteiger partial charge in [-0.2, -0.15) is 0 Å². The van der Waals surface area contributed by atoms with Crippen LogP contribution >= 0.6 is 8.73 Å². The fourth-order valence-electron chi connectivity index (χ4n) is 0.479. The summed E-state index contributed by atoms with van der Waals surface area (Å²) in [6.07, 6.45) is 2.10. The van der Waals surface area contributed by atoms with Crippen LogP contribution in [-0.2, 0) is 4.84 Å². The summed E-state index contributed by atoms with van der Waals surface area (Å²) in [5, 5.41) is 10.3. The number of hydrogen-bond donors (Lipinski definition) is 1. The SMILES string of the molecule is [O-][NH+]1OCCCP1. The minimum Gasteiger partial charge on any atom is -0.599 e. The standard InChI is InChI=1S/C3H8NO2P/c5-4-6-2-1-3-7-4/h4,7H,1-3H2. The van der Waals surface area contributed by atoms with E-state index in [-0.39, 0.29) is 5.00 Å². The summed E-state index contributed by atoms with van der Waals surface area (Å²) in [6, 6.07) is 0. The molecule has 2 atom stereocenters. The molecule has 0 aromatic carbocycles. The molecule has 0 spiro atoms. The molecule has 0 aromatic heterocycles. The van der Waals surface area contributed by atoms with Gasteiger partial charge in [0.2, 0.25) is 0 Å². The first-order chi connectivity index (χ1) is 3.39. The molecule has 1 aliphatic rings. The van der Waals surface area contributed by atoms with Crippen LogP contribution in [0.4, 0.5) is 0 Å². The first kappa shape index (κ1) is 5.45. The lowest BCUT2D eigenvalue weighted by molar-refractivity contribution is -0.944. The molecule has 0 bridgehead atoms. The summed E-state index contributed by atoms with van der Waals surface area (Å²) in [5.74, 6) is 0. The fraction of sp³-hybridized carbons (Fsp3) is 1.00. The zero-order chi connectivity index (χ0) is 5.11. The lowest BCUT2D eigenvalue weighted by Gasteiger charge is -2.22. The monoisotopic (exact) mass is 121 g/mol. The molecule has 1 N–H and O–H groups in total. The zero-order valence-electron chi connectivity index (χ0n) is 3.94. The summed E-state index contributed by atoms with van der Waals surface area (Å²) in [5.41, 5.74) is 0. The van der Waals surface area contributed by atoms with Crippen LogP contribution in [0.25, 0.3) is 0 Å². The first-order valence-electron chi connectivity index (χ1n) is 2.30. The van der Waals surface area contributed by atoms with Crippen molar-refractivity contribution in [3.05, 3.63) is 5.21 Å². The molecule has 42 valence electrons. The number of hydrogen-bond acceptors (Lipinski definition) is 2. The van der Waals surface area contributed by atoms with Gasteiger partial charge < -0.3 is 5.21 Å². The van der Waals surface area contributed by atoms with Gasteiger partial charge in [-0.1, -0.05) is 0 Å². The van der Waals surface area contributed by atoms with Crippen LogP contribution in [0.2, 0.25) is 0 Å². The van der Waals surface area contributed by atoms with Crippen LogP contribution in [0, 0.1) is 5.21 Å². The van der Waals surface area contributed by atoms with E-state index in [0.29, 0.717) is 15.3 Å². The van der Waals surface area contributed by atoms with Gasteiger partial charge in [-0.25, -0.2) is 9.83 Å². The van der Waals surface area contributed by atoms with E-state index < -0.39 is 0 Å². The van der Waals surface area contributed by atoms with Gasteiger partial charge in [0.05, 0.1) is 0 Å². The normalized spacial score (nSPS) is 36.4. The minimum atomic E-state index is -0.00810. The van der Waals surface area contributed by atoms with Crippen molar-refractivity contribution in [1.82, 2.24) is 0 Å². The third-order valence-electron chi connectivity index (χ3n) is 0.824. The van der Waals surface area contributed by atoms with Crippen LogP contribution < -0.4 is 5.00 Å². The molecule has 0 aliphatic carbocycles. The predicted molar refractivity (Wildman–Crippen MR) is 28.1 cm³/mol. The lowest BCUT2D eigenvalue weighted by atomic mass is 10.5. The molecule has 1 rings (SSSR count). The molecule has 1 saturated heterocycles. The molecule has 7 heavy (non-hydrogen) atoms. The van der Waals surface area contributed by atoms with Crippen LogP contribution in [0.1, 0.15) is 6.42 Å². The van der Waals surface area contributed by atoms with E-state index >= 15 is 0 Å². The van der Waals surface area contributed by atoms with Crippen molar-refractivity contribution >= 4 is 8.73 Å². The summed E-state index contributed by atoms with van der Waals surface area (Å²) < 4.78 is 0. The Morgan fingerprint density at radius 2 is 2.57 bits per heavy atom. The van der Waals surface area contributed by atoms with Crippen LogP contribution in [-0.4, -0.2) is 12.8 Å². The Kier molecular flexibility index (Phi) is 2.00. The van der Waals surface area contributed by atoms with Gasteiger partial charge in [0.15, 0.2) is 0 Å². The van der Waals surface area contributed by atoms with Gasteiger partial charge in [-0.15, -0.1) is 0 Å². The molecule has 0 saturated carbocycles. The molecule has 1 fully saturated rings. The smallest absolute Gasteiger partial charge is 0.121 e. The number of nitrogens with one attached hydrogen (secondary N) is 1. The Morgan fingerprint density at radius 3 is 2.86 bits per heavy atom. The van der Waals surface area contributed by atoms with Gasteiger partial charge in [-0.05, 0) is 6.42 Å². The van der Waals surface area contributed by atoms with Crippen molar-refractivity contribution < 1.29 is 9.83 Å². The summed E-state index contributed by atoms with van der Waals surface area (Å²) in [6.45, 7) is 0.645. The maximum absolute atomic E-state index is 10.3. The van der Waals surface area contributed by atoms with E-state index in [2.05, 4.69) is 4.84 Å². The quantitative estimate of drug-likeness (QED) is 0.340. The van der Waals surface area contributed by atoms with E-state index in [0.717, 1.165) is 12.6 Å². The summed E-state index contributed by atoms with van der Waals surface area (Å²) in [4.78, 5) is 4.64. The minimum absolute atomic E-state index is 0.00810. The Morgan fingerprint density at radius 1 is 1.71 bits per heavy atom. The van der Waals surface area contributed by atoms with Crippen molar-refractivity contribution in [3.63, 3.8) is 0 Å². The van der Waals surface area contributed by atoms with E-state index in [1.54, 1.807) is 0 Å². The molecule has 1 aliphatic heterocycles. The summed E-state index contributed by atoms with van der Waals surface area (Å²) in [7, 11) is 0.414. The second-order valence-corrected chi connectivity index (χ2v) is 2.68. The van der Waals surface area contributed by atoms with E-state index in [1.165, 1.54) is 0 Å². The molecule has 2 unspecified atom stereocenters. The Bertz CT molecular complexity index is 54.9. The topological polar surface area (TPSA) is 36.7 Å². The largest absolute Gasteiger partial charge is 0.599 e. The van der Waals surface area contributed by atoms with Crippen LogP contribution in [0.3, 0.4) is 0 Å². The van der Waals surface area contributed by atoms with Crippen molar-refractivity contribution in [3.8, 4) is 0 Å². The summed E-state index contributed by atoms with van der Waals surface area (Å²) >= 11 is 0. The first-order valence-corrected chi connectivity index (χ1v) is 3.51. The van der Waals surface area contributed by atoms with Gasteiger partial charge >= 0.3 is 0 Å². The van der Waals surface area contributed by atoms with Gasteiger partial charge in [0, 0.05) is 6.16 Å². The molecular formula is C3H8NO2P. The highest BCUT2D eigenvalue weighted by Crippen LogP contribution is 2.02. The lowest BCUT2D eigenvalue weighted by Crippen LogP contribution is -2.98. The second-order valence-electron chi connectivity index (χ2n) is 1.42. The van der Waals surface area contributed by atoms with Crippen molar-refractivity contribution in [2.24, 2.45) is 0 Å². The average Bonchev–Trinajstić information content (AvgIpc) is 1.69. The second kappa shape index (κ2) is 2.58. The maximum atomic E-state index is 10.3. The Balaban J connectivity index is 2.12. The molecule has 1 heterocycles.